The van der Waals surface area contributed by atoms with E-state index in [1.54, 1.807) is 39.3 Å². The molecule has 0 spiro atoms. The van der Waals surface area contributed by atoms with Crippen molar-refractivity contribution in [1.82, 2.24) is 9.88 Å². The number of carbonyl (C=O) groups excluding carboxylic acids is 1. The molecule has 1 atom stereocenters. The average Bonchev–Trinajstić information content (AvgIpc) is 3.17. The second kappa shape index (κ2) is 15.4. The molecule has 1 N–H and O–H groups in total. The molecule has 3 aliphatic rings. The molecule has 1 amide bonds. The number of aromatic nitrogens is 1. The third kappa shape index (κ3) is 7.77. The molecule has 8 rings (SSSR count). The Balaban J connectivity index is 1.14. The summed E-state index contributed by atoms with van der Waals surface area (Å²) in [5.41, 5.74) is 2.85. The van der Waals surface area contributed by atoms with Crippen molar-refractivity contribution in [3.8, 4) is 17.2 Å². The molecule has 4 heterocycles. The largest absolute Gasteiger partial charge is 0.497 e. The number of aromatic amines is 1. The van der Waals surface area contributed by atoms with E-state index in [9.17, 15) is 18.4 Å². The standard InChI is InChI=1S/C42H44F2N4O5/c1-4-47(33-23-31(43)22-32(44)24-33)42(50)38-27-45-39-26-34(11-12-37(39)40(38)49)53-41(30-20-35(51-2)25-36(21-30)52-3)29-9-7-28(8-10-29)6-5-16-48-17-13-46(14-18-48)15-19-48/h7-12,20-27,41H,4-6,13-19H2,1-3H3/p+1. The third-order valence-electron chi connectivity index (χ3n) is 10.8. The van der Waals surface area contributed by atoms with Crippen molar-refractivity contribution in [3.63, 3.8) is 0 Å². The van der Waals surface area contributed by atoms with Crippen molar-refractivity contribution in [3.05, 3.63) is 129 Å². The van der Waals surface area contributed by atoms with Gasteiger partial charge in [-0.3, -0.25) is 14.5 Å². The maximum Gasteiger partial charge on any atom is 0.263 e. The minimum atomic E-state index is -0.818. The number of hydrogen-bond acceptors (Lipinski definition) is 6. The fourth-order valence-corrected chi connectivity index (χ4v) is 7.71. The summed E-state index contributed by atoms with van der Waals surface area (Å²) in [5, 5.41) is 0.269. The molecule has 5 aromatic rings. The Morgan fingerprint density at radius 2 is 1.51 bits per heavy atom. The Kier molecular flexibility index (Phi) is 10.5. The van der Waals surface area contributed by atoms with Crippen molar-refractivity contribution in [2.24, 2.45) is 0 Å². The molecular formula is C42H45F2N4O5+. The summed E-state index contributed by atoms with van der Waals surface area (Å²) in [4.78, 5) is 33.9. The first kappa shape index (κ1) is 36.1. The highest BCUT2D eigenvalue weighted by Crippen LogP contribution is 2.35. The van der Waals surface area contributed by atoms with Crippen molar-refractivity contribution in [2.45, 2.75) is 25.9 Å². The van der Waals surface area contributed by atoms with Gasteiger partial charge in [0.05, 0.1) is 45.9 Å². The third-order valence-corrected chi connectivity index (χ3v) is 10.8. The lowest BCUT2D eigenvalue weighted by molar-refractivity contribution is -0.941. The van der Waals surface area contributed by atoms with E-state index in [1.165, 1.54) is 62.1 Å². The second-order valence-electron chi connectivity index (χ2n) is 14.0. The fourth-order valence-electron chi connectivity index (χ4n) is 7.71. The van der Waals surface area contributed by atoms with Gasteiger partial charge in [-0.05, 0) is 60.9 Å². The molecule has 3 aliphatic heterocycles. The quantitative estimate of drug-likeness (QED) is 0.136. The van der Waals surface area contributed by atoms with Gasteiger partial charge in [-0.2, -0.15) is 0 Å². The highest BCUT2D eigenvalue weighted by atomic mass is 19.1. The number of nitrogens with zero attached hydrogens (tertiary/aromatic N) is 3. The van der Waals surface area contributed by atoms with Gasteiger partial charge in [-0.15, -0.1) is 0 Å². The number of rotatable bonds is 13. The Bertz CT molecular complexity index is 2110. The number of benzene rings is 4. The number of fused-ring (bicyclic) bond motifs is 4. The molecule has 0 radical (unpaired) electrons. The van der Waals surface area contributed by atoms with Crippen LogP contribution >= 0.6 is 0 Å². The normalized spacial score (nSPS) is 18.5. The van der Waals surface area contributed by atoms with Gasteiger partial charge in [-0.1, -0.05) is 24.3 Å². The molecule has 3 fully saturated rings. The summed E-state index contributed by atoms with van der Waals surface area (Å²) in [5.74, 6) is -0.571. The van der Waals surface area contributed by atoms with Crippen LogP contribution in [0.4, 0.5) is 14.5 Å². The van der Waals surface area contributed by atoms with E-state index in [4.69, 9.17) is 14.2 Å². The van der Waals surface area contributed by atoms with Gasteiger partial charge < -0.3 is 28.6 Å². The zero-order chi connectivity index (χ0) is 37.1. The summed E-state index contributed by atoms with van der Waals surface area (Å²) in [7, 11) is 3.21. The maximum atomic E-state index is 14.0. The molecule has 276 valence electrons. The molecule has 2 bridgehead atoms. The van der Waals surface area contributed by atoms with Crippen molar-refractivity contribution < 1.29 is 32.3 Å². The van der Waals surface area contributed by atoms with Crippen LogP contribution in [0, 0.1) is 11.6 Å². The smallest absolute Gasteiger partial charge is 0.263 e. The predicted octanol–water partition coefficient (Wildman–Crippen LogP) is 6.74. The first-order chi connectivity index (χ1) is 25.7. The average molecular weight is 724 g/mol. The van der Waals surface area contributed by atoms with E-state index in [0.717, 1.165) is 47.1 Å². The number of ether oxygens (including phenoxy) is 3. The van der Waals surface area contributed by atoms with Crippen LogP contribution in [0.1, 0.15) is 46.5 Å². The van der Waals surface area contributed by atoms with E-state index >= 15 is 0 Å². The number of halogens is 2. The molecule has 1 aromatic heterocycles. The summed E-state index contributed by atoms with van der Waals surface area (Å²) in [6.45, 7) is 10.4. The van der Waals surface area contributed by atoms with Crippen LogP contribution in [-0.2, 0) is 6.42 Å². The van der Waals surface area contributed by atoms with Crippen molar-refractivity contribution >= 4 is 22.5 Å². The molecule has 3 saturated heterocycles. The number of carbonyl (C=O) groups is 1. The predicted molar refractivity (Wildman–Crippen MR) is 201 cm³/mol. The molecular weight excluding hydrogens is 678 g/mol. The van der Waals surface area contributed by atoms with Gasteiger partial charge in [0.25, 0.3) is 5.91 Å². The molecule has 0 saturated carbocycles. The van der Waals surface area contributed by atoms with Gasteiger partial charge in [0.1, 0.15) is 40.6 Å². The number of pyridine rings is 1. The number of nitrogens with one attached hydrogen (secondary N) is 1. The molecule has 0 aliphatic carbocycles. The van der Waals surface area contributed by atoms with E-state index in [0.29, 0.717) is 22.8 Å². The van der Waals surface area contributed by atoms with E-state index in [1.807, 2.05) is 18.2 Å². The van der Waals surface area contributed by atoms with Crippen LogP contribution in [0.15, 0.2) is 89.9 Å². The zero-order valence-electron chi connectivity index (χ0n) is 30.4. The van der Waals surface area contributed by atoms with Gasteiger partial charge in [-0.25, -0.2) is 8.78 Å². The van der Waals surface area contributed by atoms with Crippen LogP contribution in [-0.4, -0.2) is 86.9 Å². The lowest BCUT2D eigenvalue weighted by Crippen LogP contribution is -2.67. The highest BCUT2D eigenvalue weighted by Gasteiger charge is 2.37. The van der Waals surface area contributed by atoms with E-state index < -0.39 is 29.1 Å². The van der Waals surface area contributed by atoms with E-state index in [2.05, 4.69) is 34.1 Å². The Hall–Kier alpha value is -5.26. The Morgan fingerprint density at radius 3 is 2.13 bits per heavy atom. The van der Waals surface area contributed by atoms with Crippen molar-refractivity contribution in [1.29, 1.82) is 0 Å². The summed E-state index contributed by atoms with van der Waals surface area (Å²) < 4.78 is 47.1. The second-order valence-corrected chi connectivity index (χ2v) is 14.0. The zero-order valence-corrected chi connectivity index (χ0v) is 30.4. The fraction of sp³-hybridized carbons (Fsp3) is 0.333. The number of methoxy groups -OCH3 is 2. The SMILES string of the molecule is CCN(C(=O)c1c[nH]c2cc(OC(c3ccc(CCC[N+]45CCN(CC4)CC5)cc3)c3cc(OC)cc(OC)c3)ccc2c1=O)c1cc(F)cc(F)c1. The van der Waals surface area contributed by atoms with Gasteiger partial charge >= 0.3 is 0 Å². The number of aryl methyl sites for hydroxylation is 1. The van der Waals surface area contributed by atoms with Crippen LogP contribution < -0.4 is 24.5 Å². The first-order valence-electron chi connectivity index (χ1n) is 18.2. The van der Waals surface area contributed by atoms with Gasteiger partial charge in [0, 0.05) is 73.6 Å². The summed E-state index contributed by atoms with van der Waals surface area (Å²) >= 11 is 0. The number of quaternary nitrogens is 1. The number of H-pyrrole nitrogens is 1. The van der Waals surface area contributed by atoms with Crippen LogP contribution in [0.2, 0.25) is 0 Å². The molecule has 11 heteroatoms. The maximum absolute atomic E-state index is 14.0. The Morgan fingerprint density at radius 1 is 0.849 bits per heavy atom. The van der Waals surface area contributed by atoms with Crippen LogP contribution in [0.3, 0.4) is 0 Å². The number of amides is 1. The molecule has 1 unspecified atom stereocenters. The lowest BCUT2D eigenvalue weighted by atomic mass is 9.98. The summed E-state index contributed by atoms with van der Waals surface area (Å²) in [6.07, 6.45) is 2.94. The molecule has 53 heavy (non-hydrogen) atoms. The number of hydrogen-bond donors (Lipinski definition) is 1. The van der Waals surface area contributed by atoms with Gasteiger partial charge in [0.15, 0.2) is 0 Å². The van der Waals surface area contributed by atoms with Crippen LogP contribution in [0.5, 0.6) is 17.2 Å². The van der Waals surface area contributed by atoms with E-state index in [-0.39, 0.29) is 23.2 Å². The first-order valence-corrected chi connectivity index (χ1v) is 18.2. The number of piperazine rings is 3. The monoisotopic (exact) mass is 723 g/mol. The Labute approximate surface area is 307 Å². The van der Waals surface area contributed by atoms with Crippen molar-refractivity contribution in [2.75, 3.05) is 71.5 Å². The highest BCUT2D eigenvalue weighted by molar-refractivity contribution is 6.07. The minimum absolute atomic E-state index is 0.0233. The van der Waals surface area contributed by atoms with Crippen LogP contribution in [0.25, 0.3) is 10.9 Å². The minimum Gasteiger partial charge on any atom is -0.497 e. The topological polar surface area (TPSA) is 84.1 Å². The summed E-state index contributed by atoms with van der Waals surface area (Å²) in [6, 6.07) is 22.1. The lowest BCUT2D eigenvalue weighted by Gasteiger charge is -2.50. The molecule has 9 nitrogen and oxygen atoms in total. The molecule has 4 aromatic carbocycles. The van der Waals surface area contributed by atoms with Gasteiger partial charge in [0.2, 0.25) is 5.43 Å². The number of anilines is 1.